The second-order valence-corrected chi connectivity index (χ2v) is 6.61. The zero-order chi connectivity index (χ0) is 16.0. The molecule has 4 heterocycles. The molecule has 0 bridgehead atoms. The van der Waals surface area contributed by atoms with E-state index in [1.807, 2.05) is 18.1 Å². The van der Waals surface area contributed by atoms with Crippen LogP contribution in [0.3, 0.4) is 0 Å². The van der Waals surface area contributed by atoms with Crippen LogP contribution < -0.4 is 4.90 Å². The van der Waals surface area contributed by atoms with E-state index in [1.165, 1.54) is 0 Å². The van der Waals surface area contributed by atoms with Crippen molar-refractivity contribution in [3.05, 3.63) is 36.4 Å². The number of aromatic nitrogens is 3. The van der Waals surface area contributed by atoms with Crippen molar-refractivity contribution in [2.24, 2.45) is 12.5 Å². The Kier molecular flexibility index (Phi) is 3.04. The molecule has 1 spiro atoms. The number of likely N-dealkylation sites (tertiary alicyclic amines) is 1. The molecule has 23 heavy (non-hydrogen) atoms. The maximum absolute atomic E-state index is 12.5. The van der Waals surface area contributed by atoms with E-state index in [2.05, 4.69) is 10.1 Å². The fourth-order valence-corrected chi connectivity index (χ4v) is 3.70. The number of hydrogen-bond donors (Lipinski definition) is 1. The molecule has 2 aliphatic rings. The van der Waals surface area contributed by atoms with Gasteiger partial charge in [0.05, 0.1) is 17.4 Å². The smallest absolute Gasteiger partial charge is 0.255 e. The van der Waals surface area contributed by atoms with Crippen molar-refractivity contribution in [3.63, 3.8) is 0 Å². The van der Waals surface area contributed by atoms with Crippen molar-refractivity contribution in [1.82, 2.24) is 19.7 Å². The van der Waals surface area contributed by atoms with Gasteiger partial charge < -0.3 is 14.8 Å². The molecule has 2 aromatic heterocycles. The van der Waals surface area contributed by atoms with Crippen LogP contribution in [0.4, 0.5) is 5.69 Å². The van der Waals surface area contributed by atoms with Crippen LogP contribution in [0, 0.1) is 5.41 Å². The molecular formula is C16H19N5O2. The van der Waals surface area contributed by atoms with Gasteiger partial charge in [-0.15, -0.1) is 0 Å². The first kappa shape index (κ1) is 14.0. The number of H-pyrrole nitrogens is 1. The molecule has 0 aliphatic carbocycles. The summed E-state index contributed by atoms with van der Waals surface area (Å²) >= 11 is 0. The zero-order valence-electron chi connectivity index (χ0n) is 13.0. The van der Waals surface area contributed by atoms with E-state index in [4.69, 9.17) is 0 Å². The normalized spacial score (nSPS) is 24.1. The summed E-state index contributed by atoms with van der Waals surface area (Å²) in [5.41, 5.74) is 1.39. The van der Waals surface area contributed by atoms with Crippen molar-refractivity contribution in [1.29, 1.82) is 0 Å². The Balaban J connectivity index is 1.50. The van der Waals surface area contributed by atoms with Gasteiger partial charge in [0.15, 0.2) is 0 Å². The number of amides is 2. The Morgan fingerprint density at radius 2 is 2.26 bits per heavy atom. The summed E-state index contributed by atoms with van der Waals surface area (Å²) < 4.78 is 1.70. The predicted octanol–water partition coefficient (Wildman–Crippen LogP) is 1.02. The number of aryl methyl sites for hydroxylation is 1. The minimum absolute atomic E-state index is 0.0374. The molecule has 2 saturated heterocycles. The standard InChI is InChI=1S/C16H19N5O2/c1-19-9-13(8-18-19)21-11-16(6-14(21)22)3-5-20(10-16)15(23)12-2-4-17-7-12/h2,4,7-9,17H,3,5-6,10-11H2,1H3. The number of carbonyl (C=O) groups is 2. The Morgan fingerprint density at radius 3 is 2.96 bits per heavy atom. The largest absolute Gasteiger partial charge is 0.367 e. The number of carbonyl (C=O) groups excluding carboxylic acids is 2. The maximum Gasteiger partial charge on any atom is 0.255 e. The predicted molar refractivity (Wildman–Crippen MR) is 83.9 cm³/mol. The topological polar surface area (TPSA) is 74.2 Å². The van der Waals surface area contributed by atoms with Gasteiger partial charge in [0.2, 0.25) is 5.91 Å². The van der Waals surface area contributed by atoms with Crippen LogP contribution >= 0.6 is 0 Å². The van der Waals surface area contributed by atoms with Gasteiger partial charge in [-0.3, -0.25) is 14.3 Å². The molecule has 7 nitrogen and oxygen atoms in total. The molecule has 2 fully saturated rings. The van der Waals surface area contributed by atoms with Crippen LogP contribution in [0.1, 0.15) is 23.2 Å². The van der Waals surface area contributed by atoms with Crippen molar-refractivity contribution in [2.75, 3.05) is 24.5 Å². The minimum atomic E-state index is -0.126. The van der Waals surface area contributed by atoms with E-state index >= 15 is 0 Å². The van der Waals surface area contributed by atoms with Crippen molar-refractivity contribution < 1.29 is 9.59 Å². The average molecular weight is 313 g/mol. The fourth-order valence-electron chi connectivity index (χ4n) is 3.70. The van der Waals surface area contributed by atoms with Crippen LogP contribution in [0.5, 0.6) is 0 Å². The molecule has 2 aromatic rings. The van der Waals surface area contributed by atoms with E-state index in [9.17, 15) is 9.59 Å². The summed E-state index contributed by atoms with van der Waals surface area (Å²) in [6.45, 7) is 2.01. The minimum Gasteiger partial charge on any atom is -0.367 e. The molecule has 120 valence electrons. The highest BCUT2D eigenvalue weighted by Crippen LogP contribution is 2.42. The molecule has 0 saturated carbocycles. The first-order chi connectivity index (χ1) is 11.1. The van der Waals surface area contributed by atoms with Gasteiger partial charge in [0.1, 0.15) is 0 Å². The van der Waals surface area contributed by atoms with Crippen molar-refractivity contribution in [2.45, 2.75) is 12.8 Å². The van der Waals surface area contributed by atoms with E-state index in [1.54, 1.807) is 34.2 Å². The van der Waals surface area contributed by atoms with E-state index in [-0.39, 0.29) is 17.2 Å². The average Bonchev–Trinajstić information content (AvgIpc) is 3.28. The number of rotatable bonds is 2. The molecule has 2 amide bonds. The number of hydrogen-bond acceptors (Lipinski definition) is 3. The van der Waals surface area contributed by atoms with Gasteiger partial charge in [0.25, 0.3) is 5.91 Å². The molecule has 4 rings (SSSR count). The maximum atomic E-state index is 12.5. The van der Waals surface area contributed by atoms with E-state index in [0.29, 0.717) is 31.6 Å². The SMILES string of the molecule is Cn1cc(N2CC3(CCN(C(=O)c4cc[nH]c4)C3)CC2=O)cn1. The Hall–Kier alpha value is -2.57. The second kappa shape index (κ2) is 4.97. The first-order valence-electron chi connectivity index (χ1n) is 7.77. The number of nitrogens with one attached hydrogen (secondary N) is 1. The quantitative estimate of drug-likeness (QED) is 0.899. The summed E-state index contributed by atoms with van der Waals surface area (Å²) in [6.07, 6.45) is 8.41. The summed E-state index contributed by atoms with van der Waals surface area (Å²) in [4.78, 5) is 31.5. The highest BCUT2D eigenvalue weighted by atomic mass is 16.2. The van der Waals surface area contributed by atoms with E-state index in [0.717, 1.165) is 12.1 Å². The molecule has 2 aliphatic heterocycles. The third-order valence-corrected chi connectivity index (χ3v) is 4.89. The molecule has 0 aromatic carbocycles. The molecule has 1 N–H and O–H groups in total. The summed E-state index contributed by atoms with van der Waals surface area (Å²) in [5, 5.41) is 4.14. The van der Waals surface area contributed by atoms with E-state index < -0.39 is 0 Å². The number of aromatic amines is 1. The van der Waals surface area contributed by atoms with Crippen LogP contribution in [0.15, 0.2) is 30.9 Å². The molecule has 1 atom stereocenters. The lowest BCUT2D eigenvalue weighted by atomic mass is 9.86. The molecule has 7 heteroatoms. The summed E-state index contributed by atoms with van der Waals surface area (Å²) in [6, 6.07) is 1.79. The molecular weight excluding hydrogens is 294 g/mol. The monoisotopic (exact) mass is 313 g/mol. The lowest BCUT2D eigenvalue weighted by molar-refractivity contribution is -0.117. The van der Waals surface area contributed by atoms with Gasteiger partial charge in [-0.05, 0) is 12.5 Å². The van der Waals surface area contributed by atoms with Gasteiger partial charge in [-0.1, -0.05) is 0 Å². The third kappa shape index (κ3) is 2.32. The number of nitrogens with zero attached hydrogens (tertiary/aromatic N) is 4. The second-order valence-electron chi connectivity index (χ2n) is 6.61. The lowest BCUT2D eigenvalue weighted by Gasteiger charge is -2.23. The van der Waals surface area contributed by atoms with Crippen molar-refractivity contribution in [3.8, 4) is 0 Å². The van der Waals surface area contributed by atoms with Crippen LogP contribution in [0.25, 0.3) is 0 Å². The fraction of sp³-hybridized carbons (Fsp3) is 0.438. The van der Waals surface area contributed by atoms with Crippen LogP contribution in [-0.4, -0.2) is 51.1 Å². The van der Waals surface area contributed by atoms with Gasteiger partial charge in [0, 0.05) is 57.1 Å². The van der Waals surface area contributed by atoms with Crippen LogP contribution in [0.2, 0.25) is 0 Å². The zero-order valence-corrected chi connectivity index (χ0v) is 13.0. The summed E-state index contributed by atoms with van der Waals surface area (Å²) in [7, 11) is 1.84. The van der Waals surface area contributed by atoms with Crippen LogP contribution in [-0.2, 0) is 11.8 Å². The molecule has 0 radical (unpaired) electrons. The van der Waals surface area contributed by atoms with Crippen molar-refractivity contribution >= 4 is 17.5 Å². The van der Waals surface area contributed by atoms with Gasteiger partial charge in [-0.25, -0.2) is 0 Å². The van der Waals surface area contributed by atoms with Gasteiger partial charge >= 0.3 is 0 Å². The lowest BCUT2D eigenvalue weighted by Crippen LogP contribution is -2.34. The highest BCUT2D eigenvalue weighted by Gasteiger charge is 2.49. The van der Waals surface area contributed by atoms with Gasteiger partial charge in [-0.2, -0.15) is 5.10 Å². The Labute approximate surface area is 133 Å². The third-order valence-electron chi connectivity index (χ3n) is 4.89. The Morgan fingerprint density at radius 1 is 1.39 bits per heavy atom. The number of anilines is 1. The Bertz CT molecular complexity index is 750. The summed E-state index contributed by atoms with van der Waals surface area (Å²) in [5.74, 6) is 0.157. The first-order valence-corrected chi connectivity index (χ1v) is 7.77. The molecule has 1 unspecified atom stereocenters. The highest BCUT2D eigenvalue weighted by molar-refractivity contribution is 5.97.